The lowest BCUT2D eigenvalue weighted by Crippen LogP contribution is -2.40. The molecular weight excluding hydrogens is 320 g/mol. The third kappa shape index (κ3) is 3.79. The van der Waals surface area contributed by atoms with Crippen molar-refractivity contribution < 1.29 is 8.42 Å². The molecule has 1 saturated heterocycles. The van der Waals surface area contributed by atoms with Gasteiger partial charge in [0.1, 0.15) is 0 Å². The van der Waals surface area contributed by atoms with Gasteiger partial charge in [-0.1, -0.05) is 37.3 Å². The molecule has 4 nitrogen and oxygen atoms in total. The second kappa shape index (κ2) is 7.36. The van der Waals surface area contributed by atoms with E-state index in [0.29, 0.717) is 11.4 Å². The topological polar surface area (TPSA) is 49.4 Å². The van der Waals surface area contributed by atoms with Gasteiger partial charge in [0.2, 0.25) is 10.0 Å². The van der Waals surface area contributed by atoms with Crippen molar-refractivity contribution in [2.75, 3.05) is 18.0 Å². The van der Waals surface area contributed by atoms with Crippen LogP contribution in [0.3, 0.4) is 0 Å². The molecule has 0 aliphatic carbocycles. The van der Waals surface area contributed by atoms with Crippen LogP contribution >= 0.6 is 0 Å². The Morgan fingerprint density at radius 3 is 2.46 bits per heavy atom. The van der Waals surface area contributed by atoms with Crippen LogP contribution < -0.4 is 9.62 Å². The lowest BCUT2D eigenvalue weighted by atomic mass is 10.2. The number of sulfonamides is 1. The molecule has 1 N–H and O–H groups in total. The molecule has 1 atom stereocenters. The number of aryl methyl sites for hydroxylation is 1. The first-order valence-electron chi connectivity index (χ1n) is 8.50. The van der Waals surface area contributed by atoms with E-state index in [0.717, 1.165) is 37.1 Å². The summed E-state index contributed by atoms with van der Waals surface area (Å²) >= 11 is 0. The van der Waals surface area contributed by atoms with Crippen LogP contribution in [-0.2, 0) is 16.4 Å². The molecule has 3 rings (SSSR count). The van der Waals surface area contributed by atoms with E-state index in [9.17, 15) is 8.42 Å². The first-order valence-corrected chi connectivity index (χ1v) is 9.99. The lowest BCUT2D eigenvalue weighted by Gasteiger charge is -2.27. The van der Waals surface area contributed by atoms with Crippen LogP contribution in [0.4, 0.5) is 5.69 Å². The van der Waals surface area contributed by atoms with Gasteiger partial charge in [0.05, 0.1) is 4.90 Å². The summed E-state index contributed by atoms with van der Waals surface area (Å²) in [6.07, 6.45) is 3.00. The maximum atomic E-state index is 12.5. The standard InChI is InChI=1S/C19H24N2O2S/c1-2-16-10-12-19(13-11-16)24(22,23)20-15-18-9-6-14-21(18)17-7-4-3-5-8-17/h3-5,7-8,10-13,18,20H,2,6,9,14-15H2,1H3. The molecule has 1 unspecified atom stereocenters. The highest BCUT2D eigenvalue weighted by atomic mass is 32.2. The van der Waals surface area contributed by atoms with Crippen LogP contribution in [0.25, 0.3) is 0 Å². The van der Waals surface area contributed by atoms with E-state index in [2.05, 4.69) is 28.7 Å². The van der Waals surface area contributed by atoms with Crippen LogP contribution in [-0.4, -0.2) is 27.5 Å². The van der Waals surface area contributed by atoms with Gasteiger partial charge in [-0.2, -0.15) is 0 Å². The van der Waals surface area contributed by atoms with Gasteiger partial charge in [-0.15, -0.1) is 0 Å². The Kier molecular flexibility index (Phi) is 5.21. The first kappa shape index (κ1) is 17.0. The van der Waals surface area contributed by atoms with Crippen LogP contribution in [0, 0.1) is 0 Å². The van der Waals surface area contributed by atoms with Crippen LogP contribution in [0.5, 0.6) is 0 Å². The number of nitrogens with zero attached hydrogens (tertiary/aromatic N) is 1. The zero-order valence-electron chi connectivity index (χ0n) is 14.0. The van der Waals surface area contributed by atoms with Crippen molar-refractivity contribution in [3.63, 3.8) is 0 Å². The third-order valence-electron chi connectivity index (χ3n) is 4.62. The van der Waals surface area contributed by atoms with Crippen molar-refractivity contribution in [1.82, 2.24) is 4.72 Å². The predicted octanol–water partition coefficient (Wildman–Crippen LogP) is 3.20. The Labute approximate surface area is 144 Å². The van der Waals surface area contributed by atoms with Crippen molar-refractivity contribution in [2.24, 2.45) is 0 Å². The Morgan fingerprint density at radius 1 is 1.08 bits per heavy atom. The molecule has 5 heteroatoms. The Morgan fingerprint density at radius 2 is 1.79 bits per heavy atom. The van der Waals surface area contributed by atoms with Crippen LogP contribution in [0.2, 0.25) is 0 Å². The molecule has 1 fully saturated rings. The minimum Gasteiger partial charge on any atom is -0.367 e. The molecular formula is C19H24N2O2S. The second-order valence-electron chi connectivity index (χ2n) is 6.17. The molecule has 24 heavy (non-hydrogen) atoms. The van der Waals surface area contributed by atoms with E-state index in [-0.39, 0.29) is 6.04 Å². The van der Waals surface area contributed by atoms with E-state index in [1.54, 1.807) is 12.1 Å². The molecule has 0 bridgehead atoms. The zero-order chi connectivity index (χ0) is 17.0. The molecule has 2 aromatic rings. The van der Waals surface area contributed by atoms with Gasteiger partial charge < -0.3 is 4.90 Å². The summed E-state index contributed by atoms with van der Waals surface area (Å²) in [7, 11) is -3.46. The van der Waals surface area contributed by atoms with Gasteiger partial charge in [0, 0.05) is 24.8 Å². The van der Waals surface area contributed by atoms with E-state index in [1.165, 1.54) is 0 Å². The highest BCUT2D eigenvalue weighted by Crippen LogP contribution is 2.25. The van der Waals surface area contributed by atoms with E-state index < -0.39 is 10.0 Å². The van der Waals surface area contributed by atoms with Crippen molar-refractivity contribution in [3.05, 3.63) is 60.2 Å². The van der Waals surface area contributed by atoms with Gasteiger partial charge in [-0.05, 0) is 49.1 Å². The number of nitrogens with one attached hydrogen (secondary N) is 1. The van der Waals surface area contributed by atoms with Gasteiger partial charge in [-0.3, -0.25) is 0 Å². The Bertz CT molecular complexity index is 758. The molecule has 0 amide bonds. The monoisotopic (exact) mass is 344 g/mol. The summed E-state index contributed by atoms with van der Waals surface area (Å²) < 4.78 is 27.8. The largest absolute Gasteiger partial charge is 0.367 e. The summed E-state index contributed by atoms with van der Waals surface area (Å²) in [5, 5.41) is 0. The molecule has 0 radical (unpaired) electrons. The number of rotatable bonds is 6. The second-order valence-corrected chi connectivity index (χ2v) is 7.94. The van der Waals surface area contributed by atoms with E-state index in [4.69, 9.17) is 0 Å². The van der Waals surface area contributed by atoms with Gasteiger partial charge in [-0.25, -0.2) is 13.1 Å². The average Bonchev–Trinajstić information content (AvgIpc) is 3.09. The van der Waals surface area contributed by atoms with Crippen molar-refractivity contribution in [2.45, 2.75) is 37.1 Å². The van der Waals surface area contributed by atoms with Crippen molar-refractivity contribution in [3.8, 4) is 0 Å². The molecule has 2 aromatic carbocycles. The fourth-order valence-electron chi connectivity index (χ4n) is 3.20. The number of anilines is 1. The van der Waals surface area contributed by atoms with Gasteiger partial charge in [0.25, 0.3) is 0 Å². The third-order valence-corrected chi connectivity index (χ3v) is 6.06. The number of hydrogen-bond donors (Lipinski definition) is 1. The minimum absolute atomic E-state index is 0.206. The Hall–Kier alpha value is -1.85. The molecule has 1 heterocycles. The fraction of sp³-hybridized carbons (Fsp3) is 0.368. The van der Waals surface area contributed by atoms with Crippen molar-refractivity contribution in [1.29, 1.82) is 0 Å². The number of benzene rings is 2. The molecule has 0 spiro atoms. The minimum atomic E-state index is -3.46. The highest BCUT2D eigenvalue weighted by Gasteiger charge is 2.26. The molecule has 0 aromatic heterocycles. The molecule has 1 aliphatic rings. The summed E-state index contributed by atoms with van der Waals surface area (Å²) in [5.74, 6) is 0. The Balaban J connectivity index is 1.67. The lowest BCUT2D eigenvalue weighted by molar-refractivity contribution is 0.567. The molecule has 0 saturated carbocycles. The van der Waals surface area contributed by atoms with Gasteiger partial charge >= 0.3 is 0 Å². The molecule has 1 aliphatic heterocycles. The summed E-state index contributed by atoms with van der Waals surface area (Å²) in [4.78, 5) is 2.63. The quantitative estimate of drug-likeness (QED) is 0.875. The number of para-hydroxylation sites is 1. The maximum absolute atomic E-state index is 12.5. The maximum Gasteiger partial charge on any atom is 0.240 e. The highest BCUT2D eigenvalue weighted by molar-refractivity contribution is 7.89. The summed E-state index contributed by atoms with van der Waals surface area (Å²) in [5.41, 5.74) is 2.30. The summed E-state index contributed by atoms with van der Waals surface area (Å²) in [6.45, 7) is 3.47. The normalized spacial score (nSPS) is 18.0. The molecule has 128 valence electrons. The van der Waals surface area contributed by atoms with Crippen molar-refractivity contribution >= 4 is 15.7 Å². The smallest absolute Gasteiger partial charge is 0.240 e. The zero-order valence-corrected chi connectivity index (χ0v) is 14.8. The first-order chi connectivity index (χ1) is 11.6. The van der Waals surface area contributed by atoms with Gasteiger partial charge in [0.15, 0.2) is 0 Å². The average molecular weight is 344 g/mol. The fourth-order valence-corrected chi connectivity index (χ4v) is 4.27. The van der Waals surface area contributed by atoms with E-state index >= 15 is 0 Å². The summed E-state index contributed by atoms with van der Waals surface area (Å²) in [6, 6.07) is 17.5. The van der Waals surface area contributed by atoms with E-state index in [1.807, 2.05) is 30.3 Å². The van der Waals surface area contributed by atoms with Crippen LogP contribution in [0.1, 0.15) is 25.3 Å². The number of hydrogen-bond acceptors (Lipinski definition) is 3. The van der Waals surface area contributed by atoms with Crippen LogP contribution in [0.15, 0.2) is 59.5 Å². The predicted molar refractivity (Wildman–Crippen MR) is 97.8 cm³/mol. The SMILES string of the molecule is CCc1ccc(S(=O)(=O)NCC2CCCN2c2ccccc2)cc1.